The highest BCUT2D eigenvalue weighted by molar-refractivity contribution is 5.83. The minimum absolute atomic E-state index is 0.0973. The number of ketones is 2. The Morgan fingerprint density at radius 3 is 2.41 bits per heavy atom. The van der Waals surface area contributed by atoms with Crippen LogP contribution in [0.3, 0.4) is 0 Å². The lowest BCUT2D eigenvalue weighted by Crippen LogP contribution is -2.14. The SMILES string of the molecule is C=C/C=C(\C=C/C)C(CCC(=O)CC)C(C)=O. The maximum absolute atomic E-state index is 11.6. The number of hydrogen-bond acceptors (Lipinski definition) is 2. The van der Waals surface area contributed by atoms with Crippen LogP contribution < -0.4 is 0 Å². The Labute approximate surface area is 104 Å². The molecule has 1 unspecified atom stereocenters. The molecule has 0 aliphatic heterocycles. The van der Waals surface area contributed by atoms with Gasteiger partial charge in [-0.25, -0.2) is 0 Å². The molecule has 2 nitrogen and oxygen atoms in total. The van der Waals surface area contributed by atoms with Gasteiger partial charge in [0, 0.05) is 18.8 Å². The van der Waals surface area contributed by atoms with E-state index >= 15 is 0 Å². The molecule has 0 saturated carbocycles. The Kier molecular flexibility index (Phi) is 7.95. The summed E-state index contributed by atoms with van der Waals surface area (Å²) in [7, 11) is 0. The van der Waals surface area contributed by atoms with Crippen LogP contribution in [0.1, 0.15) is 40.0 Å². The molecule has 0 aromatic rings. The molecule has 2 heteroatoms. The fourth-order valence-electron chi connectivity index (χ4n) is 1.70. The first-order valence-electron chi connectivity index (χ1n) is 6.04. The molecule has 0 aromatic carbocycles. The third-order valence-electron chi connectivity index (χ3n) is 2.67. The molecule has 0 heterocycles. The normalized spacial score (nSPS) is 13.7. The van der Waals surface area contributed by atoms with E-state index < -0.39 is 0 Å². The van der Waals surface area contributed by atoms with Crippen molar-refractivity contribution < 1.29 is 9.59 Å². The summed E-state index contributed by atoms with van der Waals surface area (Å²) in [5.74, 6) is 0.106. The summed E-state index contributed by atoms with van der Waals surface area (Å²) in [5, 5.41) is 0. The number of carbonyl (C=O) groups excluding carboxylic acids is 2. The first-order chi connectivity index (χ1) is 8.06. The molecule has 0 aliphatic carbocycles. The molecular weight excluding hydrogens is 212 g/mol. The van der Waals surface area contributed by atoms with Gasteiger partial charge in [0.05, 0.1) is 0 Å². The zero-order chi connectivity index (χ0) is 13.3. The Bertz CT molecular complexity index is 335. The van der Waals surface area contributed by atoms with Crippen LogP contribution in [0.2, 0.25) is 0 Å². The second-order valence-electron chi connectivity index (χ2n) is 4.00. The quantitative estimate of drug-likeness (QED) is 0.601. The summed E-state index contributed by atoms with van der Waals surface area (Å²) < 4.78 is 0. The smallest absolute Gasteiger partial charge is 0.137 e. The minimum atomic E-state index is -0.195. The average molecular weight is 234 g/mol. The predicted octanol–water partition coefficient (Wildman–Crippen LogP) is 3.64. The fourth-order valence-corrected chi connectivity index (χ4v) is 1.70. The monoisotopic (exact) mass is 234 g/mol. The second kappa shape index (κ2) is 8.68. The molecule has 0 bridgehead atoms. The standard InChI is InChI=1S/C15H22O2/c1-5-8-13(9-6-2)15(12(4)16)11-10-14(17)7-3/h5-6,8-9,15H,1,7,10-11H2,2-4H3/b9-6-,13-8+. The molecule has 0 radical (unpaired) electrons. The van der Waals surface area contributed by atoms with Gasteiger partial charge < -0.3 is 0 Å². The van der Waals surface area contributed by atoms with Gasteiger partial charge in [0.15, 0.2) is 0 Å². The van der Waals surface area contributed by atoms with Crippen molar-refractivity contribution in [1.82, 2.24) is 0 Å². The van der Waals surface area contributed by atoms with Crippen LogP contribution in [0.15, 0.2) is 36.5 Å². The van der Waals surface area contributed by atoms with Gasteiger partial charge in [-0.2, -0.15) is 0 Å². The van der Waals surface area contributed by atoms with Gasteiger partial charge in [0.2, 0.25) is 0 Å². The Morgan fingerprint density at radius 1 is 1.35 bits per heavy atom. The van der Waals surface area contributed by atoms with Crippen molar-refractivity contribution in [3.63, 3.8) is 0 Å². The first kappa shape index (κ1) is 15.6. The van der Waals surface area contributed by atoms with Gasteiger partial charge in [-0.05, 0) is 25.8 Å². The third kappa shape index (κ3) is 6.00. The van der Waals surface area contributed by atoms with Crippen molar-refractivity contribution >= 4 is 11.6 Å². The molecule has 0 N–H and O–H groups in total. The van der Waals surface area contributed by atoms with Gasteiger partial charge in [-0.15, -0.1) is 0 Å². The summed E-state index contributed by atoms with van der Waals surface area (Å²) in [6, 6.07) is 0. The second-order valence-corrected chi connectivity index (χ2v) is 4.00. The maximum atomic E-state index is 11.6. The molecule has 0 spiro atoms. The van der Waals surface area contributed by atoms with Gasteiger partial charge in [0.25, 0.3) is 0 Å². The molecule has 94 valence electrons. The lowest BCUT2D eigenvalue weighted by Gasteiger charge is -2.14. The Hall–Kier alpha value is -1.44. The lowest BCUT2D eigenvalue weighted by atomic mass is 9.89. The van der Waals surface area contributed by atoms with E-state index in [1.165, 1.54) is 0 Å². The molecule has 0 saturated heterocycles. The van der Waals surface area contributed by atoms with Gasteiger partial charge in [0.1, 0.15) is 11.6 Å². The number of Topliss-reactive ketones (excluding diaryl/α,β-unsaturated/α-hetero) is 2. The van der Waals surface area contributed by atoms with Crippen LogP contribution in [0, 0.1) is 5.92 Å². The van der Waals surface area contributed by atoms with Crippen molar-refractivity contribution in [2.45, 2.75) is 40.0 Å². The van der Waals surface area contributed by atoms with E-state index in [-0.39, 0.29) is 17.5 Å². The summed E-state index contributed by atoms with van der Waals surface area (Å²) in [5.41, 5.74) is 0.930. The van der Waals surface area contributed by atoms with Gasteiger partial charge >= 0.3 is 0 Å². The van der Waals surface area contributed by atoms with Crippen LogP contribution >= 0.6 is 0 Å². The van der Waals surface area contributed by atoms with Gasteiger partial charge in [-0.3, -0.25) is 9.59 Å². The number of hydrogen-bond donors (Lipinski definition) is 0. The van der Waals surface area contributed by atoms with E-state index in [0.717, 1.165) is 5.57 Å². The van der Waals surface area contributed by atoms with Gasteiger partial charge in [-0.1, -0.05) is 37.8 Å². The zero-order valence-electron chi connectivity index (χ0n) is 11.0. The maximum Gasteiger partial charge on any atom is 0.137 e. The van der Waals surface area contributed by atoms with E-state index in [2.05, 4.69) is 6.58 Å². The topological polar surface area (TPSA) is 34.1 Å². The average Bonchev–Trinajstić information content (AvgIpc) is 2.29. The number of rotatable bonds is 8. The van der Waals surface area contributed by atoms with E-state index in [9.17, 15) is 9.59 Å². The van der Waals surface area contributed by atoms with Crippen molar-refractivity contribution in [2.24, 2.45) is 5.92 Å². The Balaban J connectivity index is 4.81. The highest BCUT2D eigenvalue weighted by Gasteiger charge is 2.18. The number of allylic oxidation sites excluding steroid dienone is 5. The van der Waals surface area contributed by atoms with Crippen LogP contribution in [-0.4, -0.2) is 11.6 Å². The van der Waals surface area contributed by atoms with Crippen molar-refractivity contribution in [3.8, 4) is 0 Å². The predicted molar refractivity (Wildman–Crippen MR) is 71.8 cm³/mol. The molecule has 0 aliphatic rings. The summed E-state index contributed by atoms with van der Waals surface area (Å²) >= 11 is 0. The summed E-state index contributed by atoms with van der Waals surface area (Å²) in [4.78, 5) is 22.9. The summed E-state index contributed by atoms with van der Waals surface area (Å²) in [6.07, 6.45) is 8.90. The van der Waals surface area contributed by atoms with Crippen molar-refractivity contribution in [2.75, 3.05) is 0 Å². The fraction of sp³-hybridized carbons (Fsp3) is 0.467. The van der Waals surface area contributed by atoms with Crippen LogP contribution in [0.25, 0.3) is 0 Å². The van der Waals surface area contributed by atoms with E-state index in [0.29, 0.717) is 19.3 Å². The molecule has 0 amide bonds. The molecule has 0 aromatic heterocycles. The van der Waals surface area contributed by atoms with Crippen molar-refractivity contribution in [3.05, 3.63) is 36.5 Å². The molecule has 17 heavy (non-hydrogen) atoms. The van der Waals surface area contributed by atoms with Crippen LogP contribution in [0.4, 0.5) is 0 Å². The third-order valence-corrected chi connectivity index (χ3v) is 2.67. The highest BCUT2D eigenvalue weighted by Crippen LogP contribution is 2.20. The van der Waals surface area contributed by atoms with E-state index in [1.54, 1.807) is 13.0 Å². The first-order valence-corrected chi connectivity index (χ1v) is 6.04. The molecule has 1 atom stereocenters. The lowest BCUT2D eigenvalue weighted by molar-refractivity contribution is -0.121. The number of carbonyl (C=O) groups is 2. The molecular formula is C15H22O2. The zero-order valence-corrected chi connectivity index (χ0v) is 11.0. The molecule has 0 rings (SSSR count). The largest absolute Gasteiger partial charge is 0.300 e. The van der Waals surface area contributed by atoms with E-state index in [4.69, 9.17) is 0 Å². The van der Waals surface area contributed by atoms with Crippen LogP contribution in [-0.2, 0) is 9.59 Å². The van der Waals surface area contributed by atoms with Crippen molar-refractivity contribution in [1.29, 1.82) is 0 Å². The summed E-state index contributed by atoms with van der Waals surface area (Å²) in [6.45, 7) is 8.97. The van der Waals surface area contributed by atoms with Crippen LogP contribution in [0.5, 0.6) is 0 Å². The Morgan fingerprint density at radius 2 is 2.00 bits per heavy atom. The highest BCUT2D eigenvalue weighted by atomic mass is 16.1. The molecule has 0 fully saturated rings. The van der Waals surface area contributed by atoms with E-state index in [1.807, 2.05) is 32.1 Å². The minimum Gasteiger partial charge on any atom is -0.300 e.